The summed E-state index contributed by atoms with van der Waals surface area (Å²) in [7, 11) is 0. The van der Waals surface area contributed by atoms with Gasteiger partial charge in [-0.05, 0) is 39.0 Å². The average molecular weight is 403 g/mol. The molecule has 0 aliphatic carbocycles. The summed E-state index contributed by atoms with van der Waals surface area (Å²) >= 11 is 1.59. The van der Waals surface area contributed by atoms with Gasteiger partial charge in [0.05, 0.1) is 0 Å². The molecule has 0 saturated heterocycles. The SMILES string of the molecule is CCNC(=O)[C@@H](C)N(Cc1ccccc1F)C(=O)CCSc1ccc(C)cc1. The van der Waals surface area contributed by atoms with Crippen molar-refractivity contribution in [3.63, 3.8) is 0 Å². The summed E-state index contributed by atoms with van der Waals surface area (Å²) in [6.45, 7) is 6.08. The number of rotatable bonds is 9. The largest absolute Gasteiger partial charge is 0.355 e. The summed E-state index contributed by atoms with van der Waals surface area (Å²) in [5, 5.41) is 2.74. The van der Waals surface area contributed by atoms with Gasteiger partial charge in [0.15, 0.2) is 0 Å². The first kappa shape index (κ1) is 22.0. The highest BCUT2D eigenvalue weighted by Gasteiger charge is 2.26. The first-order valence-corrected chi connectivity index (χ1v) is 10.4. The van der Waals surface area contributed by atoms with Gasteiger partial charge in [-0.15, -0.1) is 11.8 Å². The number of nitrogens with zero attached hydrogens (tertiary/aromatic N) is 1. The Morgan fingerprint density at radius 3 is 2.46 bits per heavy atom. The van der Waals surface area contributed by atoms with Crippen LogP contribution in [0.2, 0.25) is 0 Å². The fraction of sp³-hybridized carbons (Fsp3) is 0.364. The lowest BCUT2D eigenvalue weighted by Crippen LogP contribution is -2.47. The normalized spacial score (nSPS) is 11.7. The monoisotopic (exact) mass is 402 g/mol. The fourth-order valence-corrected chi connectivity index (χ4v) is 3.59. The summed E-state index contributed by atoms with van der Waals surface area (Å²) in [5.41, 5.74) is 1.59. The Morgan fingerprint density at radius 2 is 1.82 bits per heavy atom. The number of likely N-dealkylation sites (N-methyl/N-ethyl adjacent to an activating group) is 1. The minimum atomic E-state index is -0.670. The van der Waals surface area contributed by atoms with Crippen LogP contribution in [0, 0.1) is 12.7 Å². The van der Waals surface area contributed by atoms with Crippen LogP contribution in [-0.4, -0.2) is 35.1 Å². The number of benzene rings is 2. The van der Waals surface area contributed by atoms with E-state index in [2.05, 4.69) is 5.32 Å². The predicted molar refractivity (Wildman–Crippen MR) is 112 cm³/mol. The highest BCUT2D eigenvalue weighted by Crippen LogP contribution is 2.20. The van der Waals surface area contributed by atoms with Crippen LogP contribution in [0.4, 0.5) is 4.39 Å². The molecule has 0 bridgehead atoms. The molecule has 0 heterocycles. The van der Waals surface area contributed by atoms with Crippen LogP contribution < -0.4 is 5.32 Å². The highest BCUT2D eigenvalue weighted by atomic mass is 32.2. The molecule has 0 spiro atoms. The fourth-order valence-electron chi connectivity index (χ4n) is 2.75. The van der Waals surface area contributed by atoms with Gasteiger partial charge in [-0.3, -0.25) is 9.59 Å². The molecule has 4 nitrogen and oxygen atoms in total. The predicted octanol–water partition coefficient (Wildman–Crippen LogP) is 4.17. The first-order chi connectivity index (χ1) is 13.4. The van der Waals surface area contributed by atoms with Crippen LogP contribution in [0.25, 0.3) is 0 Å². The molecule has 6 heteroatoms. The van der Waals surface area contributed by atoms with Gasteiger partial charge < -0.3 is 10.2 Å². The van der Waals surface area contributed by atoms with E-state index in [1.807, 2.05) is 38.1 Å². The number of hydrogen-bond donors (Lipinski definition) is 1. The number of aryl methyl sites for hydroxylation is 1. The Labute approximate surface area is 170 Å². The second kappa shape index (κ2) is 10.9. The van der Waals surface area contributed by atoms with Gasteiger partial charge in [0.25, 0.3) is 0 Å². The zero-order chi connectivity index (χ0) is 20.5. The van der Waals surface area contributed by atoms with Crippen LogP contribution in [0.15, 0.2) is 53.4 Å². The highest BCUT2D eigenvalue weighted by molar-refractivity contribution is 7.99. The van der Waals surface area contributed by atoms with Crippen molar-refractivity contribution in [1.29, 1.82) is 0 Å². The summed E-state index contributed by atoms with van der Waals surface area (Å²) in [4.78, 5) is 27.7. The van der Waals surface area contributed by atoms with Crippen molar-refractivity contribution in [2.75, 3.05) is 12.3 Å². The van der Waals surface area contributed by atoms with Crippen LogP contribution >= 0.6 is 11.8 Å². The van der Waals surface area contributed by atoms with E-state index in [0.29, 0.717) is 17.9 Å². The Hall–Kier alpha value is -2.34. The number of thioether (sulfide) groups is 1. The van der Waals surface area contributed by atoms with E-state index in [1.54, 1.807) is 36.9 Å². The van der Waals surface area contributed by atoms with Gasteiger partial charge in [0.2, 0.25) is 11.8 Å². The van der Waals surface area contributed by atoms with E-state index in [4.69, 9.17) is 0 Å². The molecule has 0 radical (unpaired) electrons. The van der Waals surface area contributed by atoms with Crippen molar-refractivity contribution >= 4 is 23.6 Å². The Bertz CT molecular complexity index is 795. The Kier molecular flexibility index (Phi) is 8.51. The first-order valence-electron chi connectivity index (χ1n) is 9.42. The number of hydrogen-bond acceptors (Lipinski definition) is 3. The van der Waals surface area contributed by atoms with E-state index in [9.17, 15) is 14.0 Å². The average Bonchev–Trinajstić information content (AvgIpc) is 2.68. The molecule has 150 valence electrons. The Balaban J connectivity index is 2.06. The Morgan fingerprint density at radius 1 is 1.14 bits per heavy atom. The molecule has 2 aromatic carbocycles. The van der Waals surface area contributed by atoms with E-state index in [0.717, 1.165) is 4.90 Å². The number of carbonyl (C=O) groups is 2. The van der Waals surface area contributed by atoms with Gasteiger partial charge >= 0.3 is 0 Å². The quantitative estimate of drug-likeness (QED) is 0.641. The molecule has 0 aliphatic heterocycles. The minimum absolute atomic E-state index is 0.0685. The molecule has 0 unspecified atom stereocenters. The van der Waals surface area contributed by atoms with Crippen LogP contribution in [0.3, 0.4) is 0 Å². The van der Waals surface area contributed by atoms with Gasteiger partial charge in [-0.2, -0.15) is 0 Å². The third kappa shape index (κ3) is 6.37. The smallest absolute Gasteiger partial charge is 0.242 e. The van der Waals surface area contributed by atoms with E-state index < -0.39 is 6.04 Å². The van der Waals surface area contributed by atoms with Crippen LogP contribution in [-0.2, 0) is 16.1 Å². The van der Waals surface area contributed by atoms with Crippen molar-refractivity contribution in [3.8, 4) is 0 Å². The van der Waals surface area contributed by atoms with Gasteiger partial charge in [0, 0.05) is 35.7 Å². The molecule has 2 aromatic rings. The topological polar surface area (TPSA) is 49.4 Å². The minimum Gasteiger partial charge on any atom is -0.355 e. The lowest BCUT2D eigenvalue weighted by Gasteiger charge is -2.29. The molecular weight excluding hydrogens is 375 g/mol. The number of halogens is 1. The molecule has 28 heavy (non-hydrogen) atoms. The van der Waals surface area contributed by atoms with Crippen molar-refractivity contribution in [1.82, 2.24) is 10.2 Å². The summed E-state index contributed by atoms with van der Waals surface area (Å²) < 4.78 is 14.1. The van der Waals surface area contributed by atoms with Gasteiger partial charge in [0.1, 0.15) is 11.9 Å². The summed E-state index contributed by atoms with van der Waals surface area (Å²) in [5.74, 6) is -0.185. The van der Waals surface area contributed by atoms with Crippen LogP contribution in [0.1, 0.15) is 31.4 Å². The van der Waals surface area contributed by atoms with Gasteiger partial charge in [-0.1, -0.05) is 35.9 Å². The maximum absolute atomic E-state index is 14.1. The standard InChI is InChI=1S/C22H27FN2O2S/c1-4-24-22(27)17(3)25(15-18-7-5-6-8-20(18)23)21(26)13-14-28-19-11-9-16(2)10-12-19/h5-12,17H,4,13-15H2,1-3H3,(H,24,27)/t17-/m1/s1. The maximum Gasteiger partial charge on any atom is 0.242 e. The molecule has 0 aromatic heterocycles. The summed E-state index contributed by atoms with van der Waals surface area (Å²) in [6, 6.07) is 13.8. The van der Waals surface area contributed by atoms with E-state index in [-0.39, 0.29) is 30.6 Å². The molecular formula is C22H27FN2O2S. The van der Waals surface area contributed by atoms with Crippen molar-refractivity contribution < 1.29 is 14.0 Å². The second-order valence-corrected chi connectivity index (χ2v) is 7.76. The molecule has 0 saturated carbocycles. The number of amides is 2. The zero-order valence-electron chi connectivity index (χ0n) is 16.6. The van der Waals surface area contributed by atoms with E-state index in [1.165, 1.54) is 16.5 Å². The lowest BCUT2D eigenvalue weighted by molar-refractivity contribution is -0.140. The number of nitrogens with one attached hydrogen (secondary N) is 1. The molecule has 1 N–H and O–H groups in total. The van der Waals surface area contributed by atoms with Crippen molar-refractivity contribution in [3.05, 3.63) is 65.5 Å². The second-order valence-electron chi connectivity index (χ2n) is 6.60. The molecule has 2 rings (SSSR count). The maximum atomic E-state index is 14.1. The number of carbonyl (C=O) groups excluding carboxylic acids is 2. The van der Waals surface area contributed by atoms with E-state index >= 15 is 0 Å². The summed E-state index contributed by atoms with van der Waals surface area (Å²) in [6.07, 6.45) is 0.275. The van der Waals surface area contributed by atoms with Crippen molar-refractivity contribution in [2.24, 2.45) is 0 Å². The zero-order valence-corrected chi connectivity index (χ0v) is 17.4. The third-order valence-corrected chi connectivity index (χ3v) is 5.44. The molecule has 0 fully saturated rings. The molecule has 1 atom stereocenters. The van der Waals surface area contributed by atoms with Crippen LogP contribution in [0.5, 0.6) is 0 Å². The third-order valence-electron chi connectivity index (χ3n) is 4.42. The van der Waals surface area contributed by atoms with Gasteiger partial charge in [-0.25, -0.2) is 4.39 Å². The molecule has 2 amide bonds. The lowest BCUT2D eigenvalue weighted by atomic mass is 10.1. The van der Waals surface area contributed by atoms with Crippen molar-refractivity contribution in [2.45, 2.75) is 44.7 Å². The molecule has 0 aliphatic rings.